The van der Waals surface area contributed by atoms with Gasteiger partial charge in [-0.1, -0.05) is 23.3 Å². The Labute approximate surface area is 131 Å². The first-order chi connectivity index (χ1) is 10.6. The van der Waals surface area contributed by atoms with E-state index < -0.39 is 10.0 Å². The van der Waals surface area contributed by atoms with E-state index in [4.69, 9.17) is 4.74 Å². The third kappa shape index (κ3) is 2.23. The number of sulfonamides is 1. The molecule has 1 saturated heterocycles. The van der Waals surface area contributed by atoms with E-state index >= 15 is 0 Å². The highest BCUT2D eigenvalue weighted by molar-refractivity contribution is 7.89. The van der Waals surface area contributed by atoms with Gasteiger partial charge in [0.05, 0.1) is 18.1 Å². The molecule has 4 rings (SSSR count). The highest BCUT2D eigenvalue weighted by Crippen LogP contribution is 2.43. The number of aryl methyl sites for hydroxylation is 1. The lowest BCUT2D eigenvalue weighted by molar-refractivity contribution is 0.182. The van der Waals surface area contributed by atoms with Gasteiger partial charge in [-0.15, -0.1) is 0 Å². The standard InChI is InChI=1S/C17H21NO3S/c1-12-2-6-15(7-3-12)22(19,20)18-8-13-4-5-14-10-21-11-17(14)16(13)9-18/h2-3,6-7,14,17H,4-5,8-11H2,1H3/t14-,17?/m1/s1. The Morgan fingerprint density at radius 3 is 2.68 bits per heavy atom. The lowest BCUT2D eigenvalue weighted by Crippen LogP contribution is -2.30. The van der Waals surface area contributed by atoms with Crippen molar-refractivity contribution in [1.82, 2.24) is 4.31 Å². The van der Waals surface area contributed by atoms with Crippen LogP contribution in [0.4, 0.5) is 0 Å². The van der Waals surface area contributed by atoms with Crippen LogP contribution in [0, 0.1) is 18.8 Å². The van der Waals surface area contributed by atoms with E-state index in [9.17, 15) is 8.42 Å². The van der Waals surface area contributed by atoms with Gasteiger partial charge in [0.2, 0.25) is 10.0 Å². The van der Waals surface area contributed by atoms with Gasteiger partial charge < -0.3 is 4.74 Å². The molecule has 0 aromatic heterocycles. The van der Waals surface area contributed by atoms with Gasteiger partial charge in [0.15, 0.2) is 0 Å². The van der Waals surface area contributed by atoms with E-state index in [0.29, 0.717) is 29.8 Å². The van der Waals surface area contributed by atoms with E-state index in [0.717, 1.165) is 31.6 Å². The predicted octanol–water partition coefficient (Wildman–Crippen LogP) is 2.35. The van der Waals surface area contributed by atoms with Gasteiger partial charge in [0.25, 0.3) is 0 Å². The molecule has 1 aromatic carbocycles. The van der Waals surface area contributed by atoms with Crippen LogP contribution in [0.5, 0.6) is 0 Å². The first kappa shape index (κ1) is 14.4. The summed E-state index contributed by atoms with van der Waals surface area (Å²) in [5.41, 5.74) is 3.75. The maximum absolute atomic E-state index is 12.8. The first-order valence-electron chi connectivity index (χ1n) is 7.91. The van der Waals surface area contributed by atoms with Gasteiger partial charge in [-0.05, 0) is 43.4 Å². The minimum absolute atomic E-state index is 0.400. The zero-order chi connectivity index (χ0) is 15.3. The Balaban J connectivity index is 1.60. The fourth-order valence-corrected chi connectivity index (χ4v) is 5.36. The van der Waals surface area contributed by atoms with Crippen LogP contribution in [0.3, 0.4) is 0 Å². The third-order valence-corrected chi connectivity index (χ3v) is 7.10. The summed E-state index contributed by atoms with van der Waals surface area (Å²) in [4.78, 5) is 0.400. The zero-order valence-corrected chi connectivity index (χ0v) is 13.6. The van der Waals surface area contributed by atoms with Crippen molar-refractivity contribution in [3.8, 4) is 0 Å². The molecule has 0 spiro atoms. The molecule has 0 radical (unpaired) electrons. The van der Waals surface area contributed by atoms with Crippen molar-refractivity contribution >= 4 is 10.0 Å². The lowest BCUT2D eigenvalue weighted by Gasteiger charge is -2.25. The Morgan fingerprint density at radius 1 is 1.14 bits per heavy atom. The van der Waals surface area contributed by atoms with Crippen LogP contribution in [0.1, 0.15) is 18.4 Å². The fraction of sp³-hybridized carbons (Fsp3) is 0.529. The van der Waals surface area contributed by atoms with Crippen molar-refractivity contribution in [3.05, 3.63) is 41.0 Å². The summed E-state index contributed by atoms with van der Waals surface area (Å²) in [7, 11) is -3.39. The molecular formula is C17H21NO3S. The van der Waals surface area contributed by atoms with Crippen LogP contribution in [-0.2, 0) is 14.8 Å². The molecule has 2 heterocycles. The molecule has 1 fully saturated rings. The van der Waals surface area contributed by atoms with Crippen LogP contribution in [0.25, 0.3) is 0 Å². The van der Waals surface area contributed by atoms with Crippen LogP contribution in [-0.4, -0.2) is 39.0 Å². The second kappa shape index (κ2) is 5.18. The normalized spacial score (nSPS) is 28.8. The number of nitrogens with zero attached hydrogens (tertiary/aromatic N) is 1. The van der Waals surface area contributed by atoms with Crippen LogP contribution >= 0.6 is 0 Å². The smallest absolute Gasteiger partial charge is 0.243 e. The summed E-state index contributed by atoms with van der Waals surface area (Å²) < 4.78 is 33.0. The number of ether oxygens (including phenoxy) is 1. The highest BCUT2D eigenvalue weighted by atomic mass is 32.2. The fourth-order valence-electron chi connectivity index (χ4n) is 3.95. The molecule has 118 valence electrons. The molecular weight excluding hydrogens is 298 g/mol. The summed E-state index contributed by atoms with van der Waals surface area (Å²) in [5.74, 6) is 1.04. The van der Waals surface area contributed by atoms with Gasteiger partial charge >= 0.3 is 0 Å². The first-order valence-corrected chi connectivity index (χ1v) is 9.35. The second-order valence-corrected chi connectivity index (χ2v) is 8.60. The monoisotopic (exact) mass is 319 g/mol. The Morgan fingerprint density at radius 2 is 1.91 bits per heavy atom. The average Bonchev–Trinajstić information content (AvgIpc) is 3.13. The van der Waals surface area contributed by atoms with Gasteiger partial charge in [-0.2, -0.15) is 4.31 Å². The molecule has 2 atom stereocenters. The maximum atomic E-state index is 12.8. The zero-order valence-electron chi connectivity index (χ0n) is 12.8. The largest absolute Gasteiger partial charge is 0.381 e. The van der Waals surface area contributed by atoms with Crippen LogP contribution < -0.4 is 0 Å². The number of benzene rings is 1. The van der Waals surface area contributed by atoms with Crippen molar-refractivity contribution in [2.75, 3.05) is 26.3 Å². The topological polar surface area (TPSA) is 46.6 Å². The van der Waals surface area contributed by atoms with E-state index in [2.05, 4.69) is 0 Å². The van der Waals surface area contributed by atoms with E-state index in [1.165, 1.54) is 11.1 Å². The van der Waals surface area contributed by atoms with Crippen molar-refractivity contribution in [3.63, 3.8) is 0 Å². The summed E-state index contributed by atoms with van der Waals surface area (Å²) in [6, 6.07) is 7.14. The van der Waals surface area contributed by atoms with Crippen molar-refractivity contribution < 1.29 is 13.2 Å². The molecule has 1 aromatic rings. The van der Waals surface area contributed by atoms with E-state index in [1.54, 1.807) is 16.4 Å². The molecule has 2 aliphatic heterocycles. The Hall–Kier alpha value is -1.17. The summed E-state index contributed by atoms with van der Waals surface area (Å²) >= 11 is 0. The quantitative estimate of drug-likeness (QED) is 0.786. The molecule has 0 N–H and O–H groups in total. The van der Waals surface area contributed by atoms with E-state index in [-0.39, 0.29) is 0 Å². The molecule has 22 heavy (non-hydrogen) atoms. The Kier molecular flexibility index (Phi) is 3.40. The Bertz CT molecular complexity index is 721. The third-order valence-electron chi connectivity index (χ3n) is 5.29. The predicted molar refractivity (Wildman–Crippen MR) is 84.0 cm³/mol. The SMILES string of the molecule is Cc1ccc(S(=O)(=O)N2CC3=C(C2)C2COC[C@H]2CC3)cc1. The molecule has 0 bridgehead atoms. The van der Waals surface area contributed by atoms with Gasteiger partial charge in [-0.25, -0.2) is 8.42 Å². The van der Waals surface area contributed by atoms with Crippen molar-refractivity contribution in [2.45, 2.75) is 24.7 Å². The minimum atomic E-state index is -3.39. The number of hydrogen-bond donors (Lipinski definition) is 0. The summed E-state index contributed by atoms with van der Waals surface area (Å²) in [5, 5.41) is 0. The number of rotatable bonds is 2. The molecule has 1 unspecified atom stereocenters. The maximum Gasteiger partial charge on any atom is 0.243 e. The molecule has 5 heteroatoms. The second-order valence-electron chi connectivity index (χ2n) is 6.66. The van der Waals surface area contributed by atoms with Crippen molar-refractivity contribution in [2.24, 2.45) is 11.8 Å². The molecule has 0 amide bonds. The highest BCUT2D eigenvalue weighted by Gasteiger charge is 2.42. The number of hydrogen-bond acceptors (Lipinski definition) is 3. The molecule has 4 nitrogen and oxygen atoms in total. The average molecular weight is 319 g/mol. The molecule has 1 aliphatic carbocycles. The number of fused-ring (bicyclic) bond motifs is 2. The van der Waals surface area contributed by atoms with Gasteiger partial charge in [0.1, 0.15) is 0 Å². The van der Waals surface area contributed by atoms with Crippen LogP contribution in [0.2, 0.25) is 0 Å². The van der Waals surface area contributed by atoms with Gasteiger partial charge in [0, 0.05) is 19.0 Å². The molecule has 3 aliphatic rings. The molecule has 0 saturated carbocycles. The van der Waals surface area contributed by atoms with Crippen LogP contribution in [0.15, 0.2) is 40.3 Å². The lowest BCUT2D eigenvalue weighted by atomic mass is 9.78. The summed E-state index contributed by atoms with van der Waals surface area (Å²) in [6.07, 6.45) is 2.17. The summed E-state index contributed by atoms with van der Waals surface area (Å²) in [6.45, 7) is 4.69. The minimum Gasteiger partial charge on any atom is -0.381 e. The van der Waals surface area contributed by atoms with Crippen molar-refractivity contribution in [1.29, 1.82) is 0 Å². The van der Waals surface area contributed by atoms with Gasteiger partial charge in [-0.3, -0.25) is 0 Å². The van der Waals surface area contributed by atoms with E-state index in [1.807, 2.05) is 19.1 Å².